The van der Waals surface area contributed by atoms with Crippen LogP contribution in [0.4, 0.5) is 0 Å². The van der Waals surface area contributed by atoms with Gasteiger partial charge in [-0.25, -0.2) is 4.57 Å². The molecular formula is C9H14NO+. The van der Waals surface area contributed by atoms with Crippen LogP contribution in [0.25, 0.3) is 0 Å². The zero-order chi connectivity index (χ0) is 8.10. The lowest BCUT2D eigenvalue weighted by Gasteiger charge is -1.97. The molecule has 0 saturated carbocycles. The summed E-state index contributed by atoms with van der Waals surface area (Å²) in [5, 5.41) is 0. The van der Waals surface area contributed by atoms with Gasteiger partial charge in [0, 0.05) is 26.2 Å². The van der Waals surface area contributed by atoms with E-state index in [4.69, 9.17) is 4.74 Å². The SMILES string of the molecule is COCC[n+]1ccccc1C. The molecule has 11 heavy (non-hydrogen) atoms. The number of ether oxygens (including phenoxy) is 1. The maximum Gasteiger partial charge on any atom is 0.178 e. The second kappa shape index (κ2) is 4.09. The fraction of sp³-hybridized carbons (Fsp3) is 0.444. The first kappa shape index (κ1) is 8.21. The molecule has 0 aliphatic rings. The Balaban J connectivity index is 2.62. The lowest BCUT2D eigenvalue weighted by molar-refractivity contribution is -0.704. The highest BCUT2D eigenvalue weighted by molar-refractivity contribution is 4.93. The van der Waals surface area contributed by atoms with Gasteiger partial charge < -0.3 is 4.74 Å². The van der Waals surface area contributed by atoms with Crippen molar-refractivity contribution in [3.05, 3.63) is 30.1 Å². The maximum atomic E-state index is 4.98. The summed E-state index contributed by atoms with van der Waals surface area (Å²) in [4.78, 5) is 0. The van der Waals surface area contributed by atoms with Crippen LogP contribution < -0.4 is 4.57 Å². The van der Waals surface area contributed by atoms with Crippen LogP contribution in [0.5, 0.6) is 0 Å². The zero-order valence-corrected chi connectivity index (χ0v) is 7.08. The third-order valence-corrected chi connectivity index (χ3v) is 1.70. The van der Waals surface area contributed by atoms with E-state index in [1.165, 1.54) is 5.69 Å². The van der Waals surface area contributed by atoms with Crippen LogP contribution in [-0.4, -0.2) is 13.7 Å². The van der Waals surface area contributed by atoms with Crippen LogP contribution in [0.15, 0.2) is 24.4 Å². The summed E-state index contributed by atoms with van der Waals surface area (Å²) in [5.74, 6) is 0. The van der Waals surface area contributed by atoms with Crippen molar-refractivity contribution >= 4 is 0 Å². The Labute approximate surface area is 67.4 Å². The molecular weight excluding hydrogens is 138 g/mol. The number of nitrogens with zero attached hydrogens (tertiary/aromatic N) is 1. The smallest absolute Gasteiger partial charge is 0.178 e. The van der Waals surface area contributed by atoms with Gasteiger partial charge in [0.25, 0.3) is 0 Å². The molecule has 1 aromatic rings. The van der Waals surface area contributed by atoms with E-state index in [0.29, 0.717) is 0 Å². The average molecular weight is 152 g/mol. The number of hydrogen-bond acceptors (Lipinski definition) is 1. The largest absolute Gasteiger partial charge is 0.378 e. The lowest BCUT2D eigenvalue weighted by atomic mass is 10.3. The Kier molecular flexibility index (Phi) is 3.05. The normalized spacial score (nSPS) is 10.0. The summed E-state index contributed by atoms with van der Waals surface area (Å²) in [7, 11) is 1.72. The number of pyridine rings is 1. The van der Waals surface area contributed by atoms with Crippen molar-refractivity contribution in [1.82, 2.24) is 0 Å². The van der Waals surface area contributed by atoms with Gasteiger partial charge in [0.15, 0.2) is 18.4 Å². The molecule has 0 unspecified atom stereocenters. The molecule has 1 heterocycles. The molecule has 0 atom stereocenters. The van der Waals surface area contributed by atoms with Gasteiger partial charge in [-0.2, -0.15) is 0 Å². The number of hydrogen-bond donors (Lipinski definition) is 0. The molecule has 0 aromatic carbocycles. The predicted octanol–water partition coefficient (Wildman–Crippen LogP) is 0.929. The van der Waals surface area contributed by atoms with Crippen LogP contribution in [0.1, 0.15) is 5.69 Å². The second-order valence-electron chi connectivity index (χ2n) is 2.53. The molecule has 0 saturated heterocycles. The Morgan fingerprint density at radius 1 is 1.45 bits per heavy atom. The van der Waals surface area contributed by atoms with Crippen molar-refractivity contribution in [2.24, 2.45) is 0 Å². The molecule has 0 aliphatic carbocycles. The molecule has 1 rings (SSSR count). The summed E-state index contributed by atoms with van der Waals surface area (Å²) in [6.07, 6.45) is 2.06. The quantitative estimate of drug-likeness (QED) is 0.587. The summed E-state index contributed by atoms with van der Waals surface area (Å²) in [6, 6.07) is 6.16. The number of aromatic nitrogens is 1. The molecule has 1 aromatic heterocycles. The van der Waals surface area contributed by atoms with Crippen molar-refractivity contribution in [2.75, 3.05) is 13.7 Å². The van der Waals surface area contributed by atoms with Gasteiger partial charge in [0.05, 0.1) is 0 Å². The topological polar surface area (TPSA) is 13.1 Å². The van der Waals surface area contributed by atoms with Crippen LogP contribution in [0.3, 0.4) is 0 Å². The monoisotopic (exact) mass is 152 g/mol. The molecule has 0 radical (unpaired) electrons. The van der Waals surface area contributed by atoms with Gasteiger partial charge in [-0.15, -0.1) is 0 Å². The van der Waals surface area contributed by atoms with E-state index in [-0.39, 0.29) is 0 Å². The van der Waals surface area contributed by atoms with Gasteiger partial charge in [-0.3, -0.25) is 0 Å². The third-order valence-electron chi connectivity index (χ3n) is 1.70. The van der Waals surface area contributed by atoms with E-state index < -0.39 is 0 Å². The fourth-order valence-electron chi connectivity index (χ4n) is 1.00. The zero-order valence-electron chi connectivity index (χ0n) is 7.08. The van der Waals surface area contributed by atoms with E-state index in [2.05, 4.69) is 23.8 Å². The Morgan fingerprint density at radius 3 is 2.91 bits per heavy atom. The van der Waals surface area contributed by atoms with Crippen molar-refractivity contribution in [3.63, 3.8) is 0 Å². The third kappa shape index (κ3) is 2.31. The number of aryl methyl sites for hydroxylation is 1. The minimum absolute atomic E-state index is 0.773. The van der Waals surface area contributed by atoms with Gasteiger partial charge in [0.2, 0.25) is 0 Å². The van der Waals surface area contributed by atoms with Crippen LogP contribution in [0, 0.1) is 6.92 Å². The molecule has 2 heteroatoms. The first-order valence-corrected chi connectivity index (χ1v) is 3.78. The van der Waals surface area contributed by atoms with Crippen LogP contribution in [-0.2, 0) is 11.3 Å². The summed E-state index contributed by atoms with van der Waals surface area (Å²) in [6.45, 7) is 3.80. The van der Waals surface area contributed by atoms with Crippen LogP contribution >= 0.6 is 0 Å². The molecule has 0 fully saturated rings. The van der Waals surface area contributed by atoms with E-state index >= 15 is 0 Å². The Hall–Kier alpha value is -0.890. The average Bonchev–Trinajstić information content (AvgIpc) is 2.03. The standard InChI is InChI=1S/C9H14NO/c1-9-5-3-4-6-10(9)7-8-11-2/h3-6H,7-8H2,1-2H3/q+1. The van der Waals surface area contributed by atoms with Crippen LogP contribution in [0.2, 0.25) is 0 Å². The van der Waals surface area contributed by atoms with Gasteiger partial charge >= 0.3 is 0 Å². The molecule has 2 nitrogen and oxygen atoms in total. The van der Waals surface area contributed by atoms with E-state index in [0.717, 1.165) is 13.2 Å². The Bertz CT molecular complexity index is 223. The van der Waals surface area contributed by atoms with Gasteiger partial charge in [-0.1, -0.05) is 6.07 Å². The second-order valence-corrected chi connectivity index (χ2v) is 2.53. The van der Waals surface area contributed by atoms with E-state index in [1.807, 2.05) is 12.1 Å². The molecule has 60 valence electrons. The predicted molar refractivity (Wildman–Crippen MR) is 43.3 cm³/mol. The Morgan fingerprint density at radius 2 is 2.27 bits per heavy atom. The number of rotatable bonds is 3. The minimum Gasteiger partial charge on any atom is -0.378 e. The first-order chi connectivity index (χ1) is 5.34. The molecule has 0 spiro atoms. The molecule has 0 aliphatic heterocycles. The van der Waals surface area contributed by atoms with Crippen molar-refractivity contribution in [3.8, 4) is 0 Å². The van der Waals surface area contributed by atoms with Gasteiger partial charge in [-0.05, 0) is 0 Å². The maximum absolute atomic E-state index is 4.98. The number of methoxy groups -OCH3 is 1. The molecule has 0 amide bonds. The molecule has 0 N–H and O–H groups in total. The highest BCUT2D eigenvalue weighted by Crippen LogP contribution is 1.86. The van der Waals surface area contributed by atoms with Crippen molar-refractivity contribution in [1.29, 1.82) is 0 Å². The highest BCUT2D eigenvalue weighted by Gasteiger charge is 2.01. The lowest BCUT2D eigenvalue weighted by Crippen LogP contribution is -2.38. The fourth-order valence-corrected chi connectivity index (χ4v) is 1.00. The highest BCUT2D eigenvalue weighted by atomic mass is 16.5. The van der Waals surface area contributed by atoms with E-state index in [9.17, 15) is 0 Å². The summed E-state index contributed by atoms with van der Waals surface area (Å²) in [5.41, 5.74) is 1.27. The minimum atomic E-state index is 0.773. The van der Waals surface area contributed by atoms with Crippen molar-refractivity contribution in [2.45, 2.75) is 13.5 Å². The summed E-state index contributed by atoms with van der Waals surface area (Å²) >= 11 is 0. The molecule has 0 bridgehead atoms. The summed E-state index contributed by atoms with van der Waals surface area (Å²) < 4.78 is 7.15. The first-order valence-electron chi connectivity index (χ1n) is 3.78. The van der Waals surface area contributed by atoms with Crippen molar-refractivity contribution < 1.29 is 9.30 Å². The van der Waals surface area contributed by atoms with Gasteiger partial charge in [0.1, 0.15) is 6.61 Å². The van der Waals surface area contributed by atoms with E-state index in [1.54, 1.807) is 7.11 Å².